The molecule has 1 saturated carbocycles. The van der Waals surface area contributed by atoms with Crippen LogP contribution in [0.15, 0.2) is 22.6 Å². The number of aryl methyl sites for hydroxylation is 1. The zero-order chi connectivity index (χ0) is 15.4. The molecule has 0 radical (unpaired) electrons. The number of rotatable bonds is 1. The monoisotopic (exact) mass is 354 g/mol. The topological polar surface area (TPSA) is 59.5 Å². The summed E-state index contributed by atoms with van der Waals surface area (Å²) in [7, 11) is 0. The van der Waals surface area contributed by atoms with E-state index in [9.17, 15) is 4.79 Å². The SMILES string of the molecule is Cc1c(C(=O)N2CC3CCC(N)C3C2)oc2ccc(Cl)cc12.Cl. The summed E-state index contributed by atoms with van der Waals surface area (Å²) in [5.74, 6) is 1.42. The molecule has 2 N–H and O–H groups in total. The lowest BCUT2D eigenvalue weighted by molar-refractivity contribution is 0.0749. The predicted octanol–water partition coefficient (Wildman–Crippen LogP) is 3.63. The number of benzene rings is 1. The number of carbonyl (C=O) groups excluding carboxylic acids is 1. The number of likely N-dealkylation sites (tertiary alicyclic amines) is 1. The van der Waals surface area contributed by atoms with Crippen LogP contribution in [-0.4, -0.2) is 29.9 Å². The predicted molar refractivity (Wildman–Crippen MR) is 93.3 cm³/mol. The number of amides is 1. The van der Waals surface area contributed by atoms with Crippen molar-refractivity contribution in [2.75, 3.05) is 13.1 Å². The highest BCUT2D eigenvalue weighted by Crippen LogP contribution is 2.38. The van der Waals surface area contributed by atoms with Crippen LogP contribution in [0.5, 0.6) is 0 Å². The van der Waals surface area contributed by atoms with Crippen molar-refractivity contribution in [3.05, 3.63) is 34.5 Å². The molecule has 1 saturated heterocycles. The smallest absolute Gasteiger partial charge is 0.289 e. The van der Waals surface area contributed by atoms with Crippen molar-refractivity contribution in [3.8, 4) is 0 Å². The summed E-state index contributed by atoms with van der Waals surface area (Å²) in [4.78, 5) is 14.7. The number of furan rings is 1. The summed E-state index contributed by atoms with van der Waals surface area (Å²) in [6.07, 6.45) is 2.21. The molecule has 3 unspecified atom stereocenters. The largest absolute Gasteiger partial charge is 0.451 e. The van der Waals surface area contributed by atoms with Gasteiger partial charge >= 0.3 is 0 Å². The number of fused-ring (bicyclic) bond motifs is 2. The second kappa shape index (κ2) is 6.00. The van der Waals surface area contributed by atoms with Gasteiger partial charge in [0.25, 0.3) is 5.91 Å². The summed E-state index contributed by atoms with van der Waals surface area (Å²) in [6, 6.07) is 5.68. The first kappa shape index (κ1) is 16.6. The lowest BCUT2D eigenvalue weighted by atomic mass is 9.98. The standard InChI is InChI=1S/C17H19ClN2O2.ClH/c1-9-12-6-11(18)3-5-15(12)22-16(9)17(21)20-7-10-2-4-14(19)13(10)8-20;/h3,5-6,10,13-14H,2,4,7-8,19H2,1H3;1H. The van der Waals surface area contributed by atoms with Crippen molar-refractivity contribution in [1.29, 1.82) is 0 Å². The molecule has 23 heavy (non-hydrogen) atoms. The third-order valence-corrected chi connectivity index (χ3v) is 5.53. The van der Waals surface area contributed by atoms with Gasteiger partial charge in [0.15, 0.2) is 5.76 Å². The highest BCUT2D eigenvalue weighted by molar-refractivity contribution is 6.31. The first-order valence-corrected chi connectivity index (χ1v) is 8.16. The Bertz CT molecular complexity index is 758. The lowest BCUT2D eigenvalue weighted by Gasteiger charge is -2.17. The van der Waals surface area contributed by atoms with E-state index in [1.165, 1.54) is 0 Å². The minimum atomic E-state index is -0.0218. The molecule has 1 aliphatic heterocycles. The number of halogens is 2. The van der Waals surface area contributed by atoms with E-state index in [1.807, 2.05) is 24.0 Å². The van der Waals surface area contributed by atoms with Gasteiger partial charge in [0.2, 0.25) is 0 Å². The molecule has 2 aromatic rings. The summed E-state index contributed by atoms with van der Waals surface area (Å²) < 4.78 is 5.80. The maximum Gasteiger partial charge on any atom is 0.289 e. The quantitative estimate of drug-likeness (QED) is 0.850. The fourth-order valence-corrected chi connectivity index (χ4v) is 4.19. The second-order valence-electron chi connectivity index (χ2n) is 6.57. The highest BCUT2D eigenvalue weighted by atomic mass is 35.5. The van der Waals surface area contributed by atoms with Gasteiger partial charge in [-0.3, -0.25) is 4.79 Å². The molecule has 1 aliphatic carbocycles. The molecule has 1 amide bonds. The Labute approximate surface area is 146 Å². The molecule has 4 rings (SSSR count). The second-order valence-corrected chi connectivity index (χ2v) is 7.01. The third-order valence-electron chi connectivity index (χ3n) is 5.29. The maximum atomic E-state index is 12.8. The van der Waals surface area contributed by atoms with Gasteiger partial charge in [-0.2, -0.15) is 0 Å². The molecular weight excluding hydrogens is 335 g/mol. The summed E-state index contributed by atoms with van der Waals surface area (Å²) in [5.41, 5.74) is 7.73. The van der Waals surface area contributed by atoms with Crippen molar-refractivity contribution in [2.45, 2.75) is 25.8 Å². The van der Waals surface area contributed by atoms with Gasteiger partial charge in [0.05, 0.1) is 0 Å². The van der Waals surface area contributed by atoms with Gasteiger partial charge in [-0.15, -0.1) is 12.4 Å². The molecule has 0 bridgehead atoms. The molecule has 1 aromatic heterocycles. The zero-order valence-electron chi connectivity index (χ0n) is 12.9. The van der Waals surface area contributed by atoms with Crippen LogP contribution in [0.3, 0.4) is 0 Å². The Hall–Kier alpha value is -1.23. The van der Waals surface area contributed by atoms with Gasteiger partial charge in [-0.05, 0) is 49.8 Å². The Balaban J connectivity index is 0.00000156. The molecule has 124 valence electrons. The summed E-state index contributed by atoms with van der Waals surface area (Å²) >= 11 is 6.04. The van der Waals surface area contributed by atoms with Crippen LogP contribution in [0.25, 0.3) is 11.0 Å². The van der Waals surface area contributed by atoms with E-state index in [0.717, 1.165) is 36.9 Å². The van der Waals surface area contributed by atoms with Gasteiger partial charge in [-0.1, -0.05) is 11.6 Å². The molecular formula is C17H20Cl2N2O2. The van der Waals surface area contributed by atoms with Gasteiger partial charge in [0.1, 0.15) is 5.58 Å². The van der Waals surface area contributed by atoms with Crippen LogP contribution in [0.4, 0.5) is 0 Å². The first-order chi connectivity index (χ1) is 10.5. The average molecular weight is 355 g/mol. The van der Waals surface area contributed by atoms with Crippen LogP contribution in [0.1, 0.15) is 29.0 Å². The fraction of sp³-hybridized carbons (Fsp3) is 0.471. The lowest BCUT2D eigenvalue weighted by Crippen LogP contribution is -2.33. The van der Waals surface area contributed by atoms with E-state index >= 15 is 0 Å². The van der Waals surface area contributed by atoms with Crippen molar-refractivity contribution in [3.63, 3.8) is 0 Å². The number of carbonyl (C=O) groups is 1. The fourth-order valence-electron chi connectivity index (χ4n) is 4.01. The van der Waals surface area contributed by atoms with E-state index in [0.29, 0.717) is 28.2 Å². The summed E-state index contributed by atoms with van der Waals surface area (Å²) in [5, 5.41) is 1.56. The Morgan fingerprint density at radius 2 is 2.13 bits per heavy atom. The zero-order valence-corrected chi connectivity index (χ0v) is 14.5. The van der Waals surface area contributed by atoms with Crippen LogP contribution >= 0.6 is 24.0 Å². The van der Waals surface area contributed by atoms with Crippen molar-refractivity contribution in [2.24, 2.45) is 17.6 Å². The molecule has 3 atom stereocenters. The molecule has 2 aliphatic rings. The van der Waals surface area contributed by atoms with Crippen molar-refractivity contribution < 1.29 is 9.21 Å². The van der Waals surface area contributed by atoms with Gasteiger partial charge < -0.3 is 15.1 Å². The minimum absolute atomic E-state index is 0. The van der Waals surface area contributed by atoms with E-state index < -0.39 is 0 Å². The van der Waals surface area contributed by atoms with E-state index in [1.54, 1.807) is 6.07 Å². The molecule has 2 heterocycles. The van der Waals surface area contributed by atoms with Crippen LogP contribution in [-0.2, 0) is 0 Å². The normalized spacial score (nSPS) is 26.4. The van der Waals surface area contributed by atoms with Gasteiger partial charge in [-0.25, -0.2) is 0 Å². The Kier molecular flexibility index (Phi) is 4.34. The van der Waals surface area contributed by atoms with Crippen LogP contribution in [0, 0.1) is 18.8 Å². The molecule has 0 spiro atoms. The summed E-state index contributed by atoms with van der Waals surface area (Å²) in [6.45, 7) is 3.47. The van der Waals surface area contributed by atoms with Gasteiger partial charge in [0, 0.05) is 35.1 Å². The molecule has 1 aromatic carbocycles. The van der Waals surface area contributed by atoms with Crippen LogP contribution < -0.4 is 5.73 Å². The number of hydrogen-bond donors (Lipinski definition) is 1. The molecule has 4 nitrogen and oxygen atoms in total. The van der Waals surface area contributed by atoms with E-state index in [4.69, 9.17) is 21.8 Å². The first-order valence-electron chi connectivity index (χ1n) is 7.78. The number of nitrogens with two attached hydrogens (primary N) is 1. The average Bonchev–Trinajstić information content (AvgIpc) is 3.15. The van der Waals surface area contributed by atoms with Crippen molar-refractivity contribution >= 4 is 40.9 Å². The van der Waals surface area contributed by atoms with Crippen molar-refractivity contribution in [1.82, 2.24) is 4.90 Å². The third kappa shape index (κ3) is 2.63. The molecule has 2 fully saturated rings. The van der Waals surface area contributed by atoms with E-state index in [-0.39, 0.29) is 24.4 Å². The highest BCUT2D eigenvalue weighted by Gasteiger charge is 2.43. The molecule has 6 heteroatoms. The number of hydrogen-bond acceptors (Lipinski definition) is 3. The Morgan fingerprint density at radius 1 is 1.35 bits per heavy atom. The number of nitrogens with zero attached hydrogens (tertiary/aromatic N) is 1. The minimum Gasteiger partial charge on any atom is -0.451 e. The van der Waals surface area contributed by atoms with Crippen LogP contribution in [0.2, 0.25) is 5.02 Å². The van der Waals surface area contributed by atoms with E-state index in [2.05, 4.69) is 0 Å². The Morgan fingerprint density at radius 3 is 2.87 bits per heavy atom. The maximum absolute atomic E-state index is 12.8.